The van der Waals surface area contributed by atoms with Crippen LogP contribution in [0.3, 0.4) is 0 Å². The van der Waals surface area contributed by atoms with E-state index in [1.54, 1.807) is 6.07 Å². The first kappa shape index (κ1) is 22.7. The number of halogens is 1. The van der Waals surface area contributed by atoms with Gasteiger partial charge in [0.05, 0.1) is 24.2 Å². The van der Waals surface area contributed by atoms with Crippen molar-refractivity contribution < 1.29 is 13.7 Å². The third-order valence-corrected chi connectivity index (χ3v) is 7.56. The Morgan fingerprint density at radius 2 is 1.97 bits per heavy atom. The van der Waals surface area contributed by atoms with Gasteiger partial charge in [0, 0.05) is 57.3 Å². The molecule has 0 radical (unpaired) electrons. The number of fused-ring (bicyclic) bond motifs is 2. The van der Waals surface area contributed by atoms with Crippen molar-refractivity contribution in [3.05, 3.63) is 47.9 Å². The minimum absolute atomic E-state index is 0.260. The fourth-order valence-electron chi connectivity index (χ4n) is 5.62. The SMILES string of the molecule is Fc1ccc2onc(N3CCN4CC(COc5cccc(CNN6CCCC6)n5)CCC4C3)c2c1. The van der Waals surface area contributed by atoms with Crippen LogP contribution in [0.5, 0.6) is 5.88 Å². The first-order chi connectivity index (χ1) is 17.2. The zero-order chi connectivity index (χ0) is 23.6. The van der Waals surface area contributed by atoms with E-state index in [0.29, 0.717) is 30.0 Å². The van der Waals surface area contributed by atoms with Crippen molar-refractivity contribution in [2.75, 3.05) is 50.8 Å². The molecule has 3 fully saturated rings. The Morgan fingerprint density at radius 1 is 1.06 bits per heavy atom. The first-order valence-corrected chi connectivity index (χ1v) is 12.8. The van der Waals surface area contributed by atoms with Crippen molar-refractivity contribution in [3.8, 4) is 5.88 Å². The third kappa shape index (κ3) is 5.12. The van der Waals surface area contributed by atoms with Crippen molar-refractivity contribution in [2.45, 2.75) is 38.3 Å². The van der Waals surface area contributed by atoms with E-state index in [1.807, 2.05) is 18.2 Å². The van der Waals surface area contributed by atoms with Crippen molar-refractivity contribution >= 4 is 16.8 Å². The maximum atomic E-state index is 13.8. The predicted octanol–water partition coefficient (Wildman–Crippen LogP) is 3.44. The van der Waals surface area contributed by atoms with Gasteiger partial charge in [-0.2, -0.15) is 0 Å². The molecule has 2 unspecified atom stereocenters. The Balaban J connectivity index is 1.00. The molecule has 1 N–H and O–H groups in total. The number of nitrogens with zero attached hydrogens (tertiary/aromatic N) is 5. The summed E-state index contributed by atoms with van der Waals surface area (Å²) in [5, 5.41) is 7.28. The summed E-state index contributed by atoms with van der Waals surface area (Å²) in [6, 6.07) is 11.1. The molecule has 1 aromatic carbocycles. The Bertz CT molecular complexity index is 1150. The van der Waals surface area contributed by atoms with Gasteiger partial charge in [0.2, 0.25) is 5.88 Å². The molecule has 0 amide bonds. The lowest BCUT2D eigenvalue weighted by atomic mass is 9.91. The monoisotopic (exact) mass is 480 g/mol. The minimum Gasteiger partial charge on any atom is -0.477 e. The molecular formula is C26H33FN6O2. The lowest BCUT2D eigenvalue weighted by Gasteiger charge is -2.46. The number of anilines is 1. The lowest BCUT2D eigenvalue weighted by Crippen LogP contribution is -2.57. The van der Waals surface area contributed by atoms with E-state index < -0.39 is 0 Å². The molecule has 2 atom stereocenters. The molecule has 8 nitrogen and oxygen atoms in total. The molecule has 0 aliphatic carbocycles. The van der Waals surface area contributed by atoms with Gasteiger partial charge in [-0.05, 0) is 49.9 Å². The molecule has 3 aliphatic rings. The van der Waals surface area contributed by atoms with Crippen molar-refractivity contribution in [1.82, 2.24) is 25.5 Å². The van der Waals surface area contributed by atoms with Crippen LogP contribution in [0.15, 0.2) is 40.9 Å². The Kier molecular flexibility index (Phi) is 6.54. The van der Waals surface area contributed by atoms with Crippen molar-refractivity contribution in [1.29, 1.82) is 0 Å². The van der Waals surface area contributed by atoms with Gasteiger partial charge in [0.25, 0.3) is 0 Å². The average molecular weight is 481 g/mol. The zero-order valence-corrected chi connectivity index (χ0v) is 20.0. The van der Waals surface area contributed by atoms with Crippen LogP contribution in [0.2, 0.25) is 0 Å². The molecule has 9 heteroatoms. The summed E-state index contributed by atoms with van der Waals surface area (Å²) in [4.78, 5) is 9.51. The fraction of sp³-hybridized carbons (Fsp3) is 0.538. The van der Waals surface area contributed by atoms with Gasteiger partial charge in [-0.3, -0.25) is 4.90 Å². The number of hydrogen-bond donors (Lipinski definition) is 1. The van der Waals surface area contributed by atoms with Crippen LogP contribution in [0, 0.1) is 11.7 Å². The standard InChI is InChI=1S/C26H33FN6O2/c27-20-7-9-24-23(14-20)26(30-35-24)32-13-12-31-16-19(6-8-22(31)17-32)18-34-25-5-3-4-21(29-25)15-28-33-10-1-2-11-33/h3-5,7,9,14,19,22,28H,1-2,6,8,10-13,15-18H2. The molecule has 3 aliphatic heterocycles. The number of piperidine rings is 1. The van der Waals surface area contributed by atoms with Crippen LogP contribution in [0.4, 0.5) is 10.2 Å². The van der Waals surface area contributed by atoms with E-state index in [-0.39, 0.29) is 5.82 Å². The van der Waals surface area contributed by atoms with Gasteiger partial charge in [0.15, 0.2) is 11.4 Å². The topological polar surface area (TPSA) is 69.9 Å². The summed E-state index contributed by atoms with van der Waals surface area (Å²) in [5.41, 5.74) is 5.11. The van der Waals surface area contributed by atoms with Crippen molar-refractivity contribution in [3.63, 3.8) is 0 Å². The number of hydrogen-bond acceptors (Lipinski definition) is 8. The number of benzene rings is 1. The highest BCUT2D eigenvalue weighted by Crippen LogP contribution is 2.31. The summed E-state index contributed by atoms with van der Waals surface area (Å²) in [6.07, 6.45) is 4.76. The summed E-state index contributed by atoms with van der Waals surface area (Å²) in [6.45, 7) is 7.39. The van der Waals surface area contributed by atoms with E-state index in [9.17, 15) is 4.39 Å². The van der Waals surface area contributed by atoms with Gasteiger partial charge < -0.3 is 14.2 Å². The van der Waals surface area contributed by atoms with E-state index in [0.717, 1.165) is 75.6 Å². The largest absolute Gasteiger partial charge is 0.477 e. The highest BCUT2D eigenvalue weighted by Gasteiger charge is 2.34. The van der Waals surface area contributed by atoms with Gasteiger partial charge in [-0.25, -0.2) is 19.8 Å². The maximum absolute atomic E-state index is 13.8. The molecule has 186 valence electrons. The second kappa shape index (κ2) is 10.1. The molecular weight excluding hydrogens is 447 g/mol. The second-order valence-electron chi connectivity index (χ2n) is 9.99. The lowest BCUT2D eigenvalue weighted by molar-refractivity contribution is 0.0716. The maximum Gasteiger partial charge on any atom is 0.213 e. The molecule has 5 heterocycles. The Morgan fingerprint density at radius 3 is 2.89 bits per heavy atom. The van der Waals surface area contributed by atoms with E-state index >= 15 is 0 Å². The van der Waals surface area contributed by atoms with Gasteiger partial charge in [-0.15, -0.1) is 0 Å². The molecule has 0 bridgehead atoms. The van der Waals surface area contributed by atoms with E-state index in [4.69, 9.17) is 14.2 Å². The number of hydrazine groups is 1. The van der Waals surface area contributed by atoms with Crippen LogP contribution < -0.4 is 15.1 Å². The second-order valence-corrected chi connectivity index (χ2v) is 9.99. The number of rotatable bonds is 7. The molecule has 0 spiro atoms. The number of piperazine rings is 1. The van der Waals surface area contributed by atoms with Gasteiger partial charge >= 0.3 is 0 Å². The van der Waals surface area contributed by atoms with Crippen LogP contribution in [-0.4, -0.2) is 72.0 Å². The first-order valence-electron chi connectivity index (χ1n) is 12.8. The quantitative estimate of drug-likeness (QED) is 0.552. The zero-order valence-electron chi connectivity index (χ0n) is 20.0. The molecule has 0 saturated carbocycles. The number of ether oxygens (including phenoxy) is 1. The van der Waals surface area contributed by atoms with Gasteiger partial charge in [0.1, 0.15) is 5.82 Å². The summed E-state index contributed by atoms with van der Waals surface area (Å²) >= 11 is 0. The molecule has 3 aromatic rings. The summed E-state index contributed by atoms with van der Waals surface area (Å²) < 4.78 is 25.3. The fourth-order valence-corrected chi connectivity index (χ4v) is 5.62. The van der Waals surface area contributed by atoms with Crippen LogP contribution >= 0.6 is 0 Å². The smallest absolute Gasteiger partial charge is 0.213 e. The van der Waals surface area contributed by atoms with Crippen molar-refractivity contribution in [2.24, 2.45) is 5.92 Å². The Labute approximate surface area is 205 Å². The normalized spacial score (nSPS) is 23.6. The van der Waals surface area contributed by atoms with Crippen LogP contribution in [-0.2, 0) is 6.54 Å². The summed E-state index contributed by atoms with van der Waals surface area (Å²) in [7, 11) is 0. The third-order valence-electron chi connectivity index (χ3n) is 7.56. The highest BCUT2D eigenvalue weighted by molar-refractivity contribution is 5.88. The number of aromatic nitrogens is 2. The molecule has 35 heavy (non-hydrogen) atoms. The molecule has 3 saturated heterocycles. The van der Waals surface area contributed by atoms with Gasteiger partial charge in [-0.1, -0.05) is 11.2 Å². The van der Waals surface area contributed by atoms with E-state index in [2.05, 4.69) is 25.4 Å². The average Bonchev–Trinajstić information content (AvgIpc) is 3.56. The molecule has 6 rings (SSSR count). The minimum atomic E-state index is -0.260. The summed E-state index contributed by atoms with van der Waals surface area (Å²) in [5.74, 6) is 1.70. The highest BCUT2D eigenvalue weighted by atomic mass is 19.1. The van der Waals surface area contributed by atoms with Crippen LogP contribution in [0.25, 0.3) is 11.0 Å². The molecule has 2 aromatic heterocycles. The van der Waals surface area contributed by atoms with E-state index in [1.165, 1.54) is 25.0 Å². The number of nitrogens with one attached hydrogen (secondary N) is 1. The predicted molar refractivity (Wildman–Crippen MR) is 132 cm³/mol. The Hall–Kier alpha value is -2.75. The van der Waals surface area contributed by atoms with Crippen LogP contribution in [0.1, 0.15) is 31.4 Å². The number of pyridine rings is 1.